The predicted molar refractivity (Wildman–Crippen MR) is 124 cm³/mol. The number of carbonyl (C=O) groups is 1. The molecule has 31 heavy (non-hydrogen) atoms. The number of amides is 2. The lowest BCUT2D eigenvalue weighted by Crippen LogP contribution is -2.35. The van der Waals surface area contributed by atoms with E-state index in [2.05, 4.69) is 22.3 Å². The molecule has 2 aliphatic rings. The fraction of sp³-hybridized carbons (Fsp3) is 0.480. The topological polar surface area (TPSA) is 54.0 Å². The molecule has 1 unspecified atom stereocenters. The third-order valence-corrected chi connectivity index (χ3v) is 6.41. The van der Waals surface area contributed by atoms with Gasteiger partial charge in [0, 0.05) is 31.3 Å². The van der Waals surface area contributed by atoms with E-state index in [4.69, 9.17) is 9.47 Å². The summed E-state index contributed by atoms with van der Waals surface area (Å²) in [6.45, 7) is 2.82. The van der Waals surface area contributed by atoms with Crippen molar-refractivity contribution in [2.24, 2.45) is 0 Å². The first-order valence-electron chi connectivity index (χ1n) is 11.3. The van der Waals surface area contributed by atoms with E-state index in [1.807, 2.05) is 35.2 Å². The number of ether oxygens (including phenoxy) is 2. The second-order valence-electron chi connectivity index (χ2n) is 8.31. The van der Waals surface area contributed by atoms with Crippen molar-refractivity contribution in [3.63, 3.8) is 0 Å². The molecule has 166 valence electrons. The van der Waals surface area contributed by atoms with Crippen LogP contribution in [0.1, 0.15) is 50.1 Å². The molecule has 1 atom stereocenters. The van der Waals surface area contributed by atoms with Gasteiger partial charge in [0.05, 0.1) is 31.6 Å². The van der Waals surface area contributed by atoms with E-state index in [1.54, 1.807) is 14.2 Å². The van der Waals surface area contributed by atoms with Gasteiger partial charge in [-0.05, 0) is 49.9 Å². The molecule has 0 bridgehead atoms. The van der Waals surface area contributed by atoms with E-state index in [0.29, 0.717) is 0 Å². The fourth-order valence-electron chi connectivity index (χ4n) is 4.78. The molecule has 0 aliphatic carbocycles. The summed E-state index contributed by atoms with van der Waals surface area (Å²) >= 11 is 0. The van der Waals surface area contributed by atoms with Gasteiger partial charge in [-0.1, -0.05) is 25.0 Å². The largest absolute Gasteiger partial charge is 0.497 e. The fourth-order valence-corrected chi connectivity index (χ4v) is 4.78. The van der Waals surface area contributed by atoms with Crippen molar-refractivity contribution in [1.29, 1.82) is 0 Å². The van der Waals surface area contributed by atoms with Gasteiger partial charge in [0.15, 0.2) is 0 Å². The molecular formula is C25H33N3O3. The molecule has 2 amide bonds. The van der Waals surface area contributed by atoms with Crippen LogP contribution in [0, 0.1) is 0 Å². The number of anilines is 2. The molecule has 0 radical (unpaired) electrons. The lowest BCUT2D eigenvalue weighted by molar-refractivity contribution is 0.206. The Morgan fingerprint density at radius 2 is 1.71 bits per heavy atom. The summed E-state index contributed by atoms with van der Waals surface area (Å²) in [5, 5.41) is 3.21. The zero-order chi connectivity index (χ0) is 21.6. The number of urea groups is 1. The summed E-state index contributed by atoms with van der Waals surface area (Å²) in [5.41, 5.74) is 3.04. The minimum atomic E-state index is -0.0531. The Balaban J connectivity index is 1.54. The molecule has 2 saturated heterocycles. The first kappa shape index (κ1) is 21.3. The number of hydrogen-bond donors (Lipinski definition) is 1. The van der Waals surface area contributed by atoms with Crippen molar-refractivity contribution in [3.8, 4) is 11.5 Å². The van der Waals surface area contributed by atoms with Crippen molar-refractivity contribution >= 4 is 17.4 Å². The Morgan fingerprint density at radius 3 is 2.45 bits per heavy atom. The Hall–Kier alpha value is -2.89. The normalized spacial score (nSPS) is 19.1. The molecule has 2 aliphatic heterocycles. The zero-order valence-corrected chi connectivity index (χ0v) is 18.6. The summed E-state index contributed by atoms with van der Waals surface area (Å²) in [5.74, 6) is 1.51. The number of methoxy groups -OCH3 is 2. The highest BCUT2D eigenvalue weighted by Crippen LogP contribution is 2.39. The third-order valence-electron chi connectivity index (χ3n) is 6.41. The molecule has 4 rings (SSSR count). The highest BCUT2D eigenvalue weighted by atomic mass is 16.5. The average molecular weight is 424 g/mol. The first-order chi connectivity index (χ1) is 15.2. The Bertz CT molecular complexity index is 893. The van der Waals surface area contributed by atoms with Crippen molar-refractivity contribution in [2.45, 2.75) is 44.6 Å². The number of rotatable bonds is 5. The highest BCUT2D eigenvalue weighted by Gasteiger charge is 2.32. The molecule has 2 fully saturated rings. The Labute approximate surface area is 185 Å². The van der Waals surface area contributed by atoms with Gasteiger partial charge in [0.1, 0.15) is 11.5 Å². The van der Waals surface area contributed by atoms with Crippen LogP contribution < -0.4 is 19.7 Å². The van der Waals surface area contributed by atoms with Gasteiger partial charge in [0.2, 0.25) is 0 Å². The van der Waals surface area contributed by atoms with Crippen LogP contribution in [0.15, 0.2) is 42.5 Å². The number of para-hydroxylation sites is 2. The number of benzene rings is 2. The molecule has 6 nitrogen and oxygen atoms in total. The van der Waals surface area contributed by atoms with Crippen LogP contribution in [0.2, 0.25) is 0 Å². The molecule has 2 aromatic carbocycles. The second-order valence-corrected chi connectivity index (χ2v) is 8.31. The SMILES string of the molecule is COc1ccc(C2CCCN2C(=O)Nc2ccccc2N2CCCCCC2)c(OC)c1. The standard InChI is InChI=1S/C25H33N3O3/c1-30-19-13-14-20(24(18-19)31-2)22-12-9-17-28(22)25(29)26-21-10-5-6-11-23(21)27-15-7-3-4-8-16-27/h5-6,10-11,13-14,18,22H,3-4,7-9,12,15-17H2,1-2H3,(H,26,29). The van der Waals surface area contributed by atoms with E-state index in [0.717, 1.165) is 60.9 Å². The lowest BCUT2D eigenvalue weighted by Gasteiger charge is -2.29. The molecule has 0 spiro atoms. The summed E-state index contributed by atoms with van der Waals surface area (Å²) < 4.78 is 10.9. The van der Waals surface area contributed by atoms with Gasteiger partial charge in [-0.25, -0.2) is 4.79 Å². The van der Waals surface area contributed by atoms with Gasteiger partial charge in [-0.15, -0.1) is 0 Å². The average Bonchev–Trinajstić information content (AvgIpc) is 3.14. The summed E-state index contributed by atoms with van der Waals surface area (Å²) in [7, 11) is 3.31. The highest BCUT2D eigenvalue weighted by molar-refractivity contribution is 5.93. The molecule has 1 N–H and O–H groups in total. The van der Waals surface area contributed by atoms with Crippen molar-refractivity contribution < 1.29 is 14.3 Å². The summed E-state index contributed by atoms with van der Waals surface area (Å²) in [6, 6.07) is 13.9. The Kier molecular flexibility index (Phi) is 6.85. The molecule has 6 heteroatoms. The van der Waals surface area contributed by atoms with E-state index in [-0.39, 0.29) is 12.1 Å². The summed E-state index contributed by atoms with van der Waals surface area (Å²) in [4.78, 5) is 17.7. The van der Waals surface area contributed by atoms with Gasteiger partial charge in [-0.3, -0.25) is 0 Å². The first-order valence-corrected chi connectivity index (χ1v) is 11.3. The second kappa shape index (κ2) is 9.94. The van der Waals surface area contributed by atoms with Crippen molar-refractivity contribution in [3.05, 3.63) is 48.0 Å². The third kappa shape index (κ3) is 4.73. The Morgan fingerprint density at radius 1 is 0.935 bits per heavy atom. The minimum Gasteiger partial charge on any atom is -0.497 e. The number of hydrogen-bond acceptors (Lipinski definition) is 4. The maximum Gasteiger partial charge on any atom is 0.322 e. The minimum absolute atomic E-state index is 0.00814. The molecule has 2 aromatic rings. The number of carbonyl (C=O) groups excluding carboxylic acids is 1. The van der Waals surface area contributed by atoms with E-state index in [9.17, 15) is 4.79 Å². The van der Waals surface area contributed by atoms with Crippen molar-refractivity contribution in [1.82, 2.24) is 4.90 Å². The van der Waals surface area contributed by atoms with Gasteiger partial charge < -0.3 is 24.6 Å². The van der Waals surface area contributed by atoms with Crippen LogP contribution in [0.3, 0.4) is 0 Å². The van der Waals surface area contributed by atoms with Crippen LogP contribution in [0.5, 0.6) is 11.5 Å². The number of likely N-dealkylation sites (tertiary alicyclic amines) is 1. The van der Waals surface area contributed by atoms with Gasteiger partial charge in [-0.2, -0.15) is 0 Å². The van der Waals surface area contributed by atoms with Gasteiger partial charge in [0.25, 0.3) is 0 Å². The van der Waals surface area contributed by atoms with Crippen LogP contribution in [0.25, 0.3) is 0 Å². The van der Waals surface area contributed by atoms with E-state index >= 15 is 0 Å². The van der Waals surface area contributed by atoms with Crippen LogP contribution >= 0.6 is 0 Å². The van der Waals surface area contributed by atoms with Crippen molar-refractivity contribution in [2.75, 3.05) is 44.1 Å². The van der Waals surface area contributed by atoms with E-state index < -0.39 is 0 Å². The monoisotopic (exact) mass is 423 g/mol. The van der Waals surface area contributed by atoms with Crippen LogP contribution in [-0.4, -0.2) is 44.8 Å². The maximum atomic E-state index is 13.4. The molecule has 2 heterocycles. The number of nitrogens with one attached hydrogen (secondary N) is 1. The van der Waals surface area contributed by atoms with E-state index in [1.165, 1.54) is 25.7 Å². The predicted octanol–water partition coefficient (Wildman–Crippen LogP) is 5.45. The summed E-state index contributed by atoms with van der Waals surface area (Å²) in [6.07, 6.45) is 6.86. The zero-order valence-electron chi connectivity index (χ0n) is 18.6. The van der Waals surface area contributed by atoms with Crippen LogP contribution in [-0.2, 0) is 0 Å². The quantitative estimate of drug-likeness (QED) is 0.694. The van der Waals surface area contributed by atoms with Crippen LogP contribution in [0.4, 0.5) is 16.2 Å². The van der Waals surface area contributed by atoms with Gasteiger partial charge >= 0.3 is 6.03 Å². The smallest absolute Gasteiger partial charge is 0.322 e. The molecule has 0 saturated carbocycles. The lowest BCUT2D eigenvalue weighted by atomic mass is 10.0. The molecular weight excluding hydrogens is 390 g/mol. The number of nitrogens with zero attached hydrogens (tertiary/aromatic N) is 2. The molecule has 0 aromatic heterocycles. The maximum absolute atomic E-state index is 13.4.